The Morgan fingerprint density at radius 2 is 1.81 bits per heavy atom. The number of para-hydroxylation sites is 1. The molecule has 3 nitrogen and oxygen atoms in total. The largest absolute Gasteiger partial charge is 0.482 e. The summed E-state index contributed by atoms with van der Waals surface area (Å²) in [5.74, 6) is 0.903. The summed E-state index contributed by atoms with van der Waals surface area (Å²) in [5, 5.41) is 0. The zero-order valence-electron chi connectivity index (χ0n) is 13.3. The van der Waals surface area contributed by atoms with E-state index in [1.807, 2.05) is 30.3 Å². The Bertz CT molecular complexity index is 375. The van der Waals surface area contributed by atoms with Crippen LogP contribution in [0.25, 0.3) is 0 Å². The lowest BCUT2D eigenvalue weighted by Crippen LogP contribution is -2.19. The summed E-state index contributed by atoms with van der Waals surface area (Å²) < 4.78 is 10.7. The van der Waals surface area contributed by atoms with E-state index in [1.165, 1.54) is 19.3 Å². The van der Waals surface area contributed by atoms with Crippen LogP contribution in [0.2, 0.25) is 0 Å². The number of hydrogen-bond donors (Lipinski definition) is 0. The quantitative estimate of drug-likeness (QED) is 0.441. The summed E-state index contributed by atoms with van der Waals surface area (Å²) in [6, 6.07) is 9.34. The van der Waals surface area contributed by atoms with E-state index in [2.05, 4.69) is 13.8 Å². The zero-order valence-corrected chi connectivity index (χ0v) is 13.3. The highest BCUT2D eigenvalue weighted by atomic mass is 16.6. The second-order valence-electron chi connectivity index (χ2n) is 5.44. The van der Waals surface area contributed by atoms with Crippen LogP contribution >= 0.6 is 0 Å². The molecular weight excluding hydrogens is 264 g/mol. The van der Waals surface area contributed by atoms with Gasteiger partial charge in [0, 0.05) is 0 Å². The van der Waals surface area contributed by atoms with Gasteiger partial charge in [0.25, 0.3) is 0 Å². The van der Waals surface area contributed by atoms with E-state index in [0.717, 1.165) is 19.3 Å². The van der Waals surface area contributed by atoms with Gasteiger partial charge >= 0.3 is 5.97 Å². The van der Waals surface area contributed by atoms with E-state index in [4.69, 9.17) is 9.47 Å². The number of esters is 1. The lowest BCUT2D eigenvalue weighted by Gasteiger charge is -2.16. The van der Waals surface area contributed by atoms with Gasteiger partial charge in [0.2, 0.25) is 0 Å². The van der Waals surface area contributed by atoms with Gasteiger partial charge in [-0.05, 0) is 30.9 Å². The van der Waals surface area contributed by atoms with Crippen LogP contribution in [0.4, 0.5) is 0 Å². The topological polar surface area (TPSA) is 35.5 Å². The lowest BCUT2D eigenvalue weighted by atomic mass is 9.97. The molecular formula is C18H28O3. The molecule has 118 valence electrons. The van der Waals surface area contributed by atoms with Crippen LogP contribution in [-0.4, -0.2) is 19.2 Å². The Labute approximate surface area is 128 Å². The van der Waals surface area contributed by atoms with Gasteiger partial charge in [-0.15, -0.1) is 0 Å². The van der Waals surface area contributed by atoms with E-state index in [0.29, 0.717) is 18.3 Å². The second-order valence-corrected chi connectivity index (χ2v) is 5.44. The molecule has 0 radical (unpaired) electrons. The molecule has 0 heterocycles. The van der Waals surface area contributed by atoms with E-state index in [1.54, 1.807) is 0 Å². The summed E-state index contributed by atoms with van der Waals surface area (Å²) in [7, 11) is 0. The Morgan fingerprint density at radius 3 is 2.48 bits per heavy atom. The van der Waals surface area contributed by atoms with Crippen LogP contribution in [0, 0.1) is 5.92 Å². The summed E-state index contributed by atoms with van der Waals surface area (Å²) in [5.41, 5.74) is 0. The third kappa shape index (κ3) is 8.38. The summed E-state index contributed by atoms with van der Waals surface area (Å²) in [4.78, 5) is 11.7. The maximum absolute atomic E-state index is 11.7. The van der Waals surface area contributed by atoms with Crippen LogP contribution in [0.5, 0.6) is 5.75 Å². The Kier molecular flexibility index (Phi) is 9.34. The molecule has 21 heavy (non-hydrogen) atoms. The van der Waals surface area contributed by atoms with Gasteiger partial charge in [-0.2, -0.15) is 0 Å². The molecule has 0 N–H and O–H groups in total. The molecule has 0 saturated heterocycles. The molecule has 0 aliphatic heterocycles. The molecule has 1 aromatic carbocycles. The highest BCUT2D eigenvalue weighted by molar-refractivity contribution is 5.71. The normalized spacial score (nSPS) is 11.9. The van der Waals surface area contributed by atoms with Crippen molar-refractivity contribution in [1.82, 2.24) is 0 Å². The smallest absolute Gasteiger partial charge is 0.344 e. The SMILES string of the molecule is CCCCC[C@@H](CCC)COC(=O)COc1ccccc1. The van der Waals surface area contributed by atoms with Crippen LogP contribution in [0.1, 0.15) is 52.4 Å². The van der Waals surface area contributed by atoms with Crippen molar-refractivity contribution >= 4 is 5.97 Å². The van der Waals surface area contributed by atoms with Gasteiger partial charge in [-0.1, -0.05) is 57.7 Å². The summed E-state index contributed by atoms with van der Waals surface area (Å²) >= 11 is 0. The maximum atomic E-state index is 11.7. The monoisotopic (exact) mass is 292 g/mol. The highest BCUT2D eigenvalue weighted by Gasteiger charge is 2.11. The molecule has 0 aliphatic rings. The van der Waals surface area contributed by atoms with Crippen molar-refractivity contribution in [3.05, 3.63) is 30.3 Å². The molecule has 1 rings (SSSR count). The van der Waals surface area contributed by atoms with Crippen molar-refractivity contribution in [2.45, 2.75) is 52.4 Å². The molecule has 0 spiro atoms. The molecule has 0 bridgehead atoms. The predicted octanol–water partition coefficient (Wildman–Crippen LogP) is 4.61. The molecule has 0 aliphatic carbocycles. The molecule has 3 heteroatoms. The average Bonchev–Trinajstić information content (AvgIpc) is 2.52. The van der Waals surface area contributed by atoms with Crippen molar-refractivity contribution in [3.8, 4) is 5.75 Å². The second kappa shape index (κ2) is 11.2. The van der Waals surface area contributed by atoms with Crippen molar-refractivity contribution < 1.29 is 14.3 Å². The van der Waals surface area contributed by atoms with Crippen molar-refractivity contribution in [2.24, 2.45) is 5.92 Å². The van der Waals surface area contributed by atoms with Gasteiger partial charge < -0.3 is 9.47 Å². The van der Waals surface area contributed by atoms with E-state index in [-0.39, 0.29) is 12.6 Å². The van der Waals surface area contributed by atoms with E-state index >= 15 is 0 Å². The number of carbonyl (C=O) groups is 1. The summed E-state index contributed by atoms with van der Waals surface area (Å²) in [6.45, 7) is 4.88. The van der Waals surface area contributed by atoms with Crippen LogP contribution < -0.4 is 4.74 Å². The number of carbonyl (C=O) groups excluding carboxylic acids is 1. The van der Waals surface area contributed by atoms with Gasteiger partial charge in [-0.25, -0.2) is 4.79 Å². The highest BCUT2D eigenvalue weighted by Crippen LogP contribution is 2.16. The standard InChI is InChI=1S/C18H28O3/c1-3-5-7-11-16(10-4-2)14-21-18(19)15-20-17-12-8-6-9-13-17/h6,8-9,12-13,16H,3-5,7,10-11,14-15H2,1-2H3/t16-/m1/s1. The molecule has 0 amide bonds. The predicted molar refractivity (Wildman–Crippen MR) is 85.4 cm³/mol. The first kappa shape index (κ1) is 17.5. The third-order valence-corrected chi connectivity index (χ3v) is 3.49. The fourth-order valence-electron chi connectivity index (χ4n) is 2.31. The fourth-order valence-corrected chi connectivity index (χ4v) is 2.31. The van der Waals surface area contributed by atoms with E-state index in [9.17, 15) is 4.79 Å². The first-order valence-corrected chi connectivity index (χ1v) is 8.09. The van der Waals surface area contributed by atoms with Gasteiger partial charge in [-0.3, -0.25) is 0 Å². The van der Waals surface area contributed by atoms with Crippen LogP contribution in [0.3, 0.4) is 0 Å². The summed E-state index contributed by atoms with van der Waals surface area (Å²) in [6.07, 6.45) is 7.11. The Balaban J connectivity index is 2.22. The van der Waals surface area contributed by atoms with Crippen LogP contribution in [-0.2, 0) is 9.53 Å². The van der Waals surface area contributed by atoms with Crippen molar-refractivity contribution in [2.75, 3.05) is 13.2 Å². The number of rotatable bonds is 11. The van der Waals surface area contributed by atoms with E-state index < -0.39 is 0 Å². The third-order valence-electron chi connectivity index (χ3n) is 3.49. The van der Waals surface area contributed by atoms with Crippen LogP contribution in [0.15, 0.2) is 30.3 Å². The average molecular weight is 292 g/mol. The molecule has 1 aromatic rings. The maximum Gasteiger partial charge on any atom is 0.344 e. The molecule has 0 saturated carbocycles. The van der Waals surface area contributed by atoms with Gasteiger partial charge in [0.05, 0.1) is 6.61 Å². The van der Waals surface area contributed by atoms with Gasteiger partial charge in [0.1, 0.15) is 5.75 Å². The fraction of sp³-hybridized carbons (Fsp3) is 0.611. The minimum absolute atomic E-state index is 0.0161. The number of ether oxygens (including phenoxy) is 2. The minimum atomic E-state index is -0.282. The molecule has 0 aromatic heterocycles. The molecule has 0 unspecified atom stereocenters. The Hall–Kier alpha value is -1.51. The molecule has 0 fully saturated rings. The van der Waals surface area contributed by atoms with Crippen molar-refractivity contribution in [1.29, 1.82) is 0 Å². The zero-order chi connectivity index (χ0) is 15.3. The number of hydrogen-bond acceptors (Lipinski definition) is 3. The van der Waals surface area contributed by atoms with Gasteiger partial charge in [0.15, 0.2) is 6.61 Å². The minimum Gasteiger partial charge on any atom is -0.482 e. The lowest BCUT2D eigenvalue weighted by molar-refractivity contribution is -0.147. The Morgan fingerprint density at radius 1 is 1.05 bits per heavy atom. The molecule has 1 atom stereocenters. The number of benzene rings is 1. The first-order valence-electron chi connectivity index (χ1n) is 8.09. The first-order chi connectivity index (χ1) is 10.3. The number of unbranched alkanes of at least 4 members (excludes halogenated alkanes) is 2. The van der Waals surface area contributed by atoms with Crippen molar-refractivity contribution in [3.63, 3.8) is 0 Å².